The molecule has 0 aliphatic heterocycles. The van der Waals surface area contributed by atoms with E-state index in [4.69, 9.17) is 4.74 Å². The highest BCUT2D eigenvalue weighted by Crippen LogP contribution is 2.13. The van der Waals surface area contributed by atoms with Gasteiger partial charge in [0.1, 0.15) is 5.82 Å². The summed E-state index contributed by atoms with van der Waals surface area (Å²) >= 11 is 0. The first kappa shape index (κ1) is 16.4. The van der Waals surface area contributed by atoms with Gasteiger partial charge in [-0.1, -0.05) is 19.9 Å². The van der Waals surface area contributed by atoms with Gasteiger partial charge in [-0.2, -0.15) is 0 Å². The van der Waals surface area contributed by atoms with Crippen molar-refractivity contribution in [1.29, 1.82) is 0 Å². The van der Waals surface area contributed by atoms with E-state index in [2.05, 4.69) is 23.7 Å². The molecule has 0 bridgehead atoms. The van der Waals surface area contributed by atoms with Crippen molar-refractivity contribution in [3.63, 3.8) is 0 Å². The van der Waals surface area contributed by atoms with Gasteiger partial charge in [0, 0.05) is 18.8 Å². The van der Waals surface area contributed by atoms with Gasteiger partial charge in [0.15, 0.2) is 0 Å². The normalized spacial score (nSPS) is 10.7. The minimum absolute atomic E-state index is 0.335. The zero-order valence-electron chi connectivity index (χ0n) is 12.9. The maximum atomic E-state index is 12.1. The van der Waals surface area contributed by atoms with Gasteiger partial charge in [0.2, 0.25) is 0 Å². The minimum atomic E-state index is -0.335. The van der Waals surface area contributed by atoms with Gasteiger partial charge in [-0.05, 0) is 39.1 Å². The van der Waals surface area contributed by atoms with Crippen LogP contribution < -0.4 is 4.90 Å². The van der Waals surface area contributed by atoms with Crippen LogP contribution in [0.2, 0.25) is 0 Å². The highest BCUT2D eigenvalue weighted by atomic mass is 16.6. The molecule has 5 nitrogen and oxygen atoms in total. The van der Waals surface area contributed by atoms with Crippen molar-refractivity contribution >= 4 is 11.9 Å². The molecule has 1 rings (SSSR count). The Morgan fingerprint density at radius 2 is 1.90 bits per heavy atom. The summed E-state index contributed by atoms with van der Waals surface area (Å²) in [6.07, 6.45) is -0.335. The number of nitrogens with zero attached hydrogens (tertiary/aromatic N) is 3. The summed E-state index contributed by atoms with van der Waals surface area (Å²) in [6, 6.07) is 5.66. The summed E-state index contributed by atoms with van der Waals surface area (Å²) in [5.41, 5.74) is 0.889. The fraction of sp³-hybridized carbons (Fsp3) is 0.600. The largest absolute Gasteiger partial charge is 0.449 e. The van der Waals surface area contributed by atoms with Gasteiger partial charge < -0.3 is 9.64 Å². The number of aromatic nitrogens is 1. The van der Waals surface area contributed by atoms with Crippen molar-refractivity contribution in [3.05, 3.63) is 23.9 Å². The molecule has 0 saturated heterocycles. The topological polar surface area (TPSA) is 45.7 Å². The maximum Gasteiger partial charge on any atom is 0.415 e. The number of likely N-dealkylation sites (N-methyl/N-ethyl adjacent to an activating group) is 1. The molecule has 0 atom stereocenters. The molecule has 1 heterocycles. The number of carbonyl (C=O) groups is 1. The fourth-order valence-corrected chi connectivity index (χ4v) is 1.96. The van der Waals surface area contributed by atoms with Crippen molar-refractivity contribution in [2.24, 2.45) is 0 Å². The summed E-state index contributed by atoms with van der Waals surface area (Å²) in [4.78, 5) is 20.4. The molecule has 20 heavy (non-hydrogen) atoms. The third-order valence-electron chi connectivity index (χ3n) is 3.17. The number of hydrogen-bond acceptors (Lipinski definition) is 4. The zero-order chi connectivity index (χ0) is 15.0. The second-order valence-corrected chi connectivity index (χ2v) is 4.51. The van der Waals surface area contributed by atoms with E-state index in [1.807, 2.05) is 32.0 Å². The molecular weight excluding hydrogens is 254 g/mol. The lowest BCUT2D eigenvalue weighted by Gasteiger charge is -2.25. The SMILES string of the molecule is CCOC(=O)N(CCN(CC)CC)c1cccc(C)n1. The summed E-state index contributed by atoms with van der Waals surface area (Å²) in [5.74, 6) is 0.649. The van der Waals surface area contributed by atoms with E-state index in [0.29, 0.717) is 19.0 Å². The molecule has 5 heteroatoms. The van der Waals surface area contributed by atoms with Crippen molar-refractivity contribution in [3.8, 4) is 0 Å². The predicted octanol–water partition coefficient (Wildman–Crippen LogP) is 2.69. The third kappa shape index (κ3) is 4.81. The van der Waals surface area contributed by atoms with E-state index in [0.717, 1.165) is 25.3 Å². The summed E-state index contributed by atoms with van der Waals surface area (Å²) in [5, 5.41) is 0. The first-order valence-corrected chi connectivity index (χ1v) is 7.22. The van der Waals surface area contributed by atoms with Crippen LogP contribution in [0.4, 0.5) is 10.6 Å². The number of amides is 1. The highest BCUT2D eigenvalue weighted by molar-refractivity contribution is 5.86. The van der Waals surface area contributed by atoms with E-state index >= 15 is 0 Å². The smallest absolute Gasteiger partial charge is 0.415 e. The van der Waals surface area contributed by atoms with Crippen molar-refractivity contribution in [2.75, 3.05) is 37.7 Å². The number of hydrogen-bond donors (Lipinski definition) is 0. The number of carbonyl (C=O) groups excluding carboxylic acids is 1. The van der Waals surface area contributed by atoms with E-state index in [1.54, 1.807) is 4.90 Å². The average molecular weight is 279 g/mol. The van der Waals surface area contributed by atoms with Gasteiger partial charge >= 0.3 is 6.09 Å². The molecule has 0 aromatic carbocycles. The van der Waals surface area contributed by atoms with E-state index in [-0.39, 0.29) is 6.09 Å². The van der Waals surface area contributed by atoms with Gasteiger partial charge in [0.25, 0.3) is 0 Å². The first-order chi connectivity index (χ1) is 9.62. The van der Waals surface area contributed by atoms with Crippen LogP contribution in [0, 0.1) is 6.92 Å². The molecule has 1 amide bonds. The number of rotatable bonds is 7. The van der Waals surface area contributed by atoms with Crippen LogP contribution in [0.1, 0.15) is 26.5 Å². The Balaban J connectivity index is 2.82. The molecule has 0 aliphatic carbocycles. The summed E-state index contributed by atoms with van der Waals surface area (Å²) < 4.78 is 5.13. The molecule has 1 aromatic rings. The standard InChI is InChI=1S/C15H25N3O2/c1-5-17(6-2)11-12-18(15(19)20-7-3)14-10-8-9-13(4)16-14/h8-10H,5-7,11-12H2,1-4H3. The predicted molar refractivity (Wildman–Crippen MR) is 81.1 cm³/mol. The van der Waals surface area contributed by atoms with Crippen molar-refractivity contribution < 1.29 is 9.53 Å². The Labute approximate surface area is 121 Å². The van der Waals surface area contributed by atoms with Crippen molar-refractivity contribution in [2.45, 2.75) is 27.7 Å². The van der Waals surface area contributed by atoms with Crippen LogP contribution in [0.3, 0.4) is 0 Å². The van der Waals surface area contributed by atoms with Crippen LogP contribution in [-0.2, 0) is 4.74 Å². The van der Waals surface area contributed by atoms with Crippen LogP contribution >= 0.6 is 0 Å². The molecule has 0 spiro atoms. The second kappa shape index (κ2) is 8.53. The number of pyridine rings is 1. The Kier molecular flexibility index (Phi) is 7.01. The number of aryl methyl sites for hydroxylation is 1. The first-order valence-electron chi connectivity index (χ1n) is 7.22. The molecule has 0 saturated carbocycles. The molecule has 1 aromatic heterocycles. The molecule has 0 aliphatic rings. The van der Waals surface area contributed by atoms with E-state index in [1.165, 1.54) is 0 Å². The molecule has 112 valence electrons. The van der Waals surface area contributed by atoms with Gasteiger partial charge in [-0.25, -0.2) is 9.78 Å². The van der Waals surface area contributed by atoms with Crippen LogP contribution in [0.5, 0.6) is 0 Å². The highest BCUT2D eigenvalue weighted by Gasteiger charge is 2.18. The van der Waals surface area contributed by atoms with E-state index in [9.17, 15) is 4.79 Å². The summed E-state index contributed by atoms with van der Waals surface area (Å²) in [6.45, 7) is 11.6. The molecule has 0 N–H and O–H groups in total. The quantitative estimate of drug-likeness (QED) is 0.770. The maximum absolute atomic E-state index is 12.1. The Bertz CT molecular complexity index is 419. The third-order valence-corrected chi connectivity index (χ3v) is 3.17. The van der Waals surface area contributed by atoms with Crippen LogP contribution in [0.15, 0.2) is 18.2 Å². The number of ether oxygens (including phenoxy) is 1. The van der Waals surface area contributed by atoms with Gasteiger partial charge in [-0.15, -0.1) is 0 Å². The lowest BCUT2D eigenvalue weighted by atomic mass is 10.3. The monoisotopic (exact) mass is 279 g/mol. The fourth-order valence-electron chi connectivity index (χ4n) is 1.96. The lowest BCUT2D eigenvalue weighted by molar-refractivity contribution is 0.158. The van der Waals surface area contributed by atoms with Crippen LogP contribution in [-0.4, -0.2) is 48.8 Å². The minimum Gasteiger partial charge on any atom is -0.449 e. The molecule has 0 radical (unpaired) electrons. The Morgan fingerprint density at radius 1 is 1.20 bits per heavy atom. The molecule has 0 unspecified atom stereocenters. The summed E-state index contributed by atoms with van der Waals surface area (Å²) in [7, 11) is 0. The van der Waals surface area contributed by atoms with Crippen LogP contribution in [0.25, 0.3) is 0 Å². The molecular formula is C15H25N3O2. The van der Waals surface area contributed by atoms with Gasteiger partial charge in [0.05, 0.1) is 6.61 Å². The Morgan fingerprint density at radius 3 is 2.45 bits per heavy atom. The number of anilines is 1. The average Bonchev–Trinajstić information content (AvgIpc) is 2.44. The Hall–Kier alpha value is -1.62. The lowest BCUT2D eigenvalue weighted by Crippen LogP contribution is -2.39. The zero-order valence-corrected chi connectivity index (χ0v) is 12.9. The molecule has 0 fully saturated rings. The van der Waals surface area contributed by atoms with Crippen molar-refractivity contribution in [1.82, 2.24) is 9.88 Å². The van der Waals surface area contributed by atoms with E-state index < -0.39 is 0 Å². The second-order valence-electron chi connectivity index (χ2n) is 4.51. The van der Waals surface area contributed by atoms with Gasteiger partial charge in [-0.3, -0.25) is 4.90 Å².